The highest BCUT2D eigenvalue weighted by Crippen LogP contribution is 2.29. The summed E-state index contributed by atoms with van der Waals surface area (Å²) in [6.07, 6.45) is 0.609. The van der Waals surface area contributed by atoms with Crippen molar-refractivity contribution in [3.8, 4) is 17.2 Å². The molecule has 1 atom stereocenters. The van der Waals surface area contributed by atoms with Crippen molar-refractivity contribution in [3.05, 3.63) is 24.0 Å². The fourth-order valence-corrected chi connectivity index (χ4v) is 2.88. The van der Waals surface area contributed by atoms with Crippen molar-refractivity contribution < 1.29 is 17.7 Å². The minimum absolute atomic E-state index is 0.0170. The lowest BCUT2D eigenvalue weighted by molar-refractivity contribution is 0.401. The van der Waals surface area contributed by atoms with Crippen LogP contribution >= 0.6 is 0 Å². The molecular formula is C14H20N4O4S. The molecule has 1 aromatic carbocycles. The van der Waals surface area contributed by atoms with Gasteiger partial charge >= 0.3 is 0 Å². The summed E-state index contributed by atoms with van der Waals surface area (Å²) in [5, 5.41) is 7.00. The molecule has 0 saturated carbocycles. The molecule has 0 amide bonds. The standard InChI is InChI=1S/C14H20N4O4S/c1-9(15-2)7-13-17-14(22-18-13)10-5-6-11(21-4)12(8-10)23(19,20)16-3/h5-6,8-9,15-16H,7H2,1-4H3. The number of hydrogen-bond donors (Lipinski definition) is 2. The van der Waals surface area contributed by atoms with Crippen LogP contribution in [0.4, 0.5) is 0 Å². The molecule has 1 unspecified atom stereocenters. The maximum absolute atomic E-state index is 12.1. The van der Waals surface area contributed by atoms with Crippen molar-refractivity contribution in [2.45, 2.75) is 24.3 Å². The molecule has 2 N–H and O–H groups in total. The van der Waals surface area contributed by atoms with Gasteiger partial charge in [-0.25, -0.2) is 13.1 Å². The van der Waals surface area contributed by atoms with Crippen LogP contribution in [0.2, 0.25) is 0 Å². The Kier molecular flexibility index (Phi) is 5.34. The minimum atomic E-state index is -3.66. The van der Waals surface area contributed by atoms with Crippen molar-refractivity contribution in [2.24, 2.45) is 0 Å². The Bertz CT molecular complexity index is 773. The van der Waals surface area contributed by atoms with Gasteiger partial charge in [-0.05, 0) is 39.2 Å². The van der Waals surface area contributed by atoms with E-state index < -0.39 is 10.0 Å². The van der Waals surface area contributed by atoms with Crippen LogP contribution in [-0.2, 0) is 16.4 Å². The smallest absolute Gasteiger partial charge is 0.257 e. The first-order valence-electron chi connectivity index (χ1n) is 7.03. The van der Waals surface area contributed by atoms with E-state index in [0.29, 0.717) is 17.8 Å². The summed E-state index contributed by atoms with van der Waals surface area (Å²) < 4.78 is 36.8. The largest absolute Gasteiger partial charge is 0.495 e. The lowest BCUT2D eigenvalue weighted by Crippen LogP contribution is -2.24. The van der Waals surface area contributed by atoms with Crippen LogP contribution in [0.3, 0.4) is 0 Å². The highest BCUT2D eigenvalue weighted by atomic mass is 32.2. The predicted molar refractivity (Wildman–Crippen MR) is 84.8 cm³/mol. The molecule has 2 rings (SSSR count). The Morgan fingerprint density at radius 3 is 2.70 bits per heavy atom. The molecule has 9 heteroatoms. The molecule has 0 bridgehead atoms. The topological polar surface area (TPSA) is 106 Å². The number of benzene rings is 1. The van der Waals surface area contributed by atoms with Crippen LogP contribution in [0.15, 0.2) is 27.6 Å². The van der Waals surface area contributed by atoms with E-state index in [4.69, 9.17) is 9.26 Å². The highest BCUT2D eigenvalue weighted by Gasteiger charge is 2.20. The number of ether oxygens (including phenoxy) is 1. The molecule has 126 valence electrons. The molecule has 0 aliphatic rings. The zero-order chi connectivity index (χ0) is 17.0. The van der Waals surface area contributed by atoms with Crippen LogP contribution in [0.25, 0.3) is 11.5 Å². The second-order valence-electron chi connectivity index (χ2n) is 4.98. The van der Waals surface area contributed by atoms with Gasteiger partial charge in [-0.3, -0.25) is 0 Å². The molecule has 23 heavy (non-hydrogen) atoms. The van der Waals surface area contributed by atoms with E-state index in [-0.39, 0.29) is 22.6 Å². The normalized spacial score (nSPS) is 13.0. The number of nitrogens with zero attached hydrogens (tertiary/aromatic N) is 2. The summed E-state index contributed by atoms with van der Waals surface area (Å²) in [6, 6.07) is 4.88. The van der Waals surface area contributed by atoms with E-state index in [1.807, 2.05) is 14.0 Å². The van der Waals surface area contributed by atoms with Gasteiger partial charge in [0, 0.05) is 18.0 Å². The quantitative estimate of drug-likeness (QED) is 0.768. The van der Waals surface area contributed by atoms with Crippen LogP contribution in [0.1, 0.15) is 12.7 Å². The van der Waals surface area contributed by atoms with Crippen molar-refractivity contribution >= 4 is 10.0 Å². The van der Waals surface area contributed by atoms with Gasteiger partial charge in [-0.15, -0.1) is 0 Å². The first-order chi connectivity index (χ1) is 10.9. The number of sulfonamides is 1. The highest BCUT2D eigenvalue weighted by molar-refractivity contribution is 7.89. The Morgan fingerprint density at radius 1 is 1.35 bits per heavy atom. The van der Waals surface area contributed by atoms with Gasteiger partial charge in [0.05, 0.1) is 7.11 Å². The summed E-state index contributed by atoms with van der Waals surface area (Å²) >= 11 is 0. The molecule has 0 spiro atoms. The van der Waals surface area contributed by atoms with Crippen molar-refractivity contribution in [2.75, 3.05) is 21.2 Å². The molecule has 8 nitrogen and oxygen atoms in total. The van der Waals surface area contributed by atoms with E-state index >= 15 is 0 Å². The second kappa shape index (κ2) is 7.07. The van der Waals surface area contributed by atoms with E-state index in [9.17, 15) is 8.42 Å². The predicted octanol–water partition coefficient (Wildman–Crippen LogP) is 0.804. The van der Waals surface area contributed by atoms with Gasteiger partial charge in [0.1, 0.15) is 10.6 Å². The third kappa shape index (κ3) is 3.87. The zero-order valence-corrected chi connectivity index (χ0v) is 14.3. The van der Waals surface area contributed by atoms with Gasteiger partial charge in [0.2, 0.25) is 10.0 Å². The number of hydrogen-bond acceptors (Lipinski definition) is 7. The van der Waals surface area contributed by atoms with E-state index in [2.05, 4.69) is 20.2 Å². The second-order valence-corrected chi connectivity index (χ2v) is 6.84. The van der Waals surface area contributed by atoms with E-state index in [0.717, 1.165) is 0 Å². The van der Waals surface area contributed by atoms with Gasteiger partial charge in [0.15, 0.2) is 5.82 Å². The molecule has 0 saturated heterocycles. The lowest BCUT2D eigenvalue weighted by Gasteiger charge is -2.09. The Balaban J connectivity index is 2.39. The van der Waals surface area contributed by atoms with Gasteiger partial charge in [0.25, 0.3) is 5.89 Å². The van der Waals surface area contributed by atoms with Crippen LogP contribution in [0.5, 0.6) is 5.75 Å². The Hall–Kier alpha value is -1.97. The summed E-state index contributed by atoms with van der Waals surface area (Å²) in [7, 11) is 0.938. The maximum atomic E-state index is 12.1. The third-order valence-corrected chi connectivity index (χ3v) is 4.85. The van der Waals surface area contributed by atoms with E-state index in [1.54, 1.807) is 12.1 Å². The molecule has 0 aliphatic heterocycles. The van der Waals surface area contributed by atoms with Crippen molar-refractivity contribution in [1.29, 1.82) is 0 Å². The number of methoxy groups -OCH3 is 1. The fraction of sp³-hybridized carbons (Fsp3) is 0.429. The van der Waals surface area contributed by atoms with Crippen LogP contribution < -0.4 is 14.8 Å². The molecular weight excluding hydrogens is 320 g/mol. The van der Waals surface area contributed by atoms with Crippen LogP contribution in [-0.4, -0.2) is 45.8 Å². The average Bonchev–Trinajstić information content (AvgIpc) is 3.02. The molecule has 0 aliphatic carbocycles. The molecule has 1 aromatic heterocycles. The molecule has 0 fully saturated rings. The maximum Gasteiger partial charge on any atom is 0.257 e. The number of rotatable bonds is 7. The van der Waals surface area contributed by atoms with Crippen molar-refractivity contribution in [1.82, 2.24) is 20.2 Å². The summed E-state index contributed by atoms with van der Waals surface area (Å²) in [6.45, 7) is 2.00. The summed E-state index contributed by atoms with van der Waals surface area (Å²) in [4.78, 5) is 4.32. The number of nitrogens with one attached hydrogen (secondary N) is 2. The van der Waals surface area contributed by atoms with Crippen molar-refractivity contribution in [3.63, 3.8) is 0 Å². The SMILES string of the molecule is CNC(C)Cc1noc(-c2ccc(OC)c(S(=O)(=O)NC)c2)n1. The number of aromatic nitrogens is 2. The van der Waals surface area contributed by atoms with Crippen LogP contribution in [0, 0.1) is 0 Å². The first-order valence-corrected chi connectivity index (χ1v) is 8.51. The monoisotopic (exact) mass is 340 g/mol. The zero-order valence-electron chi connectivity index (χ0n) is 13.5. The fourth-order valence-electron chi connectivity index (χ4n) is 1.96. The minimum Gasteiger partial charge on any atom is -0.495 e. The van der Waals surface area contributed by atoms with Gasteiger partial charge < -0.3 is 14.6 Å². The Labute approximate surface area is 135 Å². The summed E-state index contributed by atoms with van der Waals surface area (Å²) in [5.41, 5.74) is 0.510. The van der Waals surface area contributed by atoms with Gasteiger partial charge in [-0.2, -0.15) is 4.98 Å². The Morgan fingerprint density at radius 2 is 2.09 bits per heavy atom. The molecule has 2 aromatic rings. The lowest BCUT2D eigenvalue weighted by atomic mass is 10.2. The summed E-state index contributed by atoms with van der Waals surface area (Å²) in [5.74, 6) is 1.06. The van der Waals surface area contributed by atoms with Gasteiger partial charge in [-0.1, -0.05) is 5.16 Å². The third-order valence-electron chi connectivity index (χ3n) is 3.42. The molecule has 1 heterocycles. The first kappa shape index (κ1) is 17.4. The van der Waals surface area contributed by atoms with E-state index in [1.165, 1.54) is 20.2 Å². The molecule has 0 radical (unpaired) electrons. The average molecular weight is 340 g/mol. The number of likely N-dealkylation sites (N-methyl/N-ethyl adjacent to an activating group) is 1.